The number of nitrogens with two attached hydrogens (primary N) is 1. The van der Waals surface area contributed by atoms with E-state index in [1.165, 1.54) is 35.2 Å². The van der Waals surface area contributed by atoms with E-state index in [9.17, 15) is 28.0 Å². The highest BCUT2D eigenvalue weighted by Crippen LogP contribution is 2.34. The van der Waals surface area contributed by atoms with Crippen LogP contribution in [0.15, 0.2) is 96.1 Å². The molecule has 0 spiro atoms. The normalized spacial score (nSPS) is 16.7. The van der Waals surface area contributed by atoms with Gasteiger partial charge in [-0.2, -0.15) is 23.5 Å². The molecule has 3 aromatic heterocycles. The molecule has 254 valence electrons. The van der Waals surface area contributed by atoms with Crippen molar-refractivity contribution >= 4 is 28.9 Å². The summed E-state index contributed by atoms with van der Waals surface area (Å²) in [4.78, 5) is 36.2. The number of carbonyl (C=O) groups excluding carboxylic acids is 1. The Morgan fingerprint density at radius 3 is 2.70 bits per heavy atom. The molecule has 5 aromatic rings. The van der Waals surface area contributed by atoms with Crippen LogP contribution in [0.3, 0.4) is 0 Å². The first kappa shape index (κ1) is 33.9. The summed E-state index contributed by atoms with van der Waals surface area (Å²) in [6.45, 7) is 1.82. The van der Waals surface area contributed by atoms with E-state index in [4.69, 9.17) is 22.4 Å². The number of alkyl halides is 3. The molecule has 15 heteroatoms. The molecule has 1 aliphatic heterocycles. The molecule has 1 amide bonds. The molecular weight excluding hydrogens is 671 g/mol. The number of hydrogen-bond acceptors (Lipinski definition) is 8. The number of nitrogens with zero attached hydrogens (tertiary/aromatic N) is 6. The number of nitrogens with one attached hydrogen (secondary N) is 2. The molecule has 0 saturated carbocycles. The number of allylic oxidation sites excluding steroid dienone is 1. The van der Waals surface area contributed by atoms with Crippen molar-refractivity contribution in [1.29, 1.82) is 5.26 Å². The number of hydrogen-bond donors (Lipinski definition) is 3. The van der Waals surface area contributed by atoms with E-state index in [0.717, 1.165) is 0 Å². The predicted octanol–water partition coefficient (Wildman–Crippen LogP) is 6.81. The van der Waals surface area contributed by atoms with Crippen molar-refractivity contribution in [1.82, 2.24) is 24.3 Å². The lowest BCUT2D eigenvalue weighted by Gasteiger charge is -2.22. The molecule has 11 nitrogen and oxygen atoms in total. The molecule has 2 unspecified atom stereocenters. The number of rotatable bonds is 5. The summed E-state index contributed by atoms with van der Waals surface area (Å²) in [7, 11) is 0. The lowest BCUT2D eigenvalue weighted by Crippen LogP contribution is -2.27. The summed E-state index contributed by atoms with van der Waals surface area (Å²) in [6.07, 6.45) is 2.09. The first-order valence-electron chi connectivity index (χ1n) is 15.5. The van der Waals surface area contributed by atoms with Crippen LogP contribution in [0, 0.1) is 17.2 Å². The maximum absolute atomic E-state index is 13.8. The number of pyridine rings is 1. The van der Waals surface area contributed by atoms with Gasteiger partial charge in [0.05, 0.1) is 53.0 Å². The van der Waals surface area contributed by atoms with Gasteiger partial charge < -0.3 is 16.4 Å². The lowest BCUT2D eigenvalue weighted by molar-refractivity contribution is -0.119. The monoisotopic (exact) mass is 699 g/mol. The van der Waals surface area contributed by atoms with Gasteiger partial charge in [-0.25, -0.2) is 9.67 Å². The van der Waals surface area contributed by atoms with Gasteiger partial charge in [0.25, 0.3) is 5.56 Å². The first-order valence-corrected chi connectivity index (χ1v) is 15.8. The van der Waals surface area contributed by atoms with Crippen LogP contribution in [0.5, 0.6) is 0 Å². The van der Waals surface area contributed by atoms with Crippen molar-refractivity contribution in [2.45, 2.75) is 38.4 Å². The number of aromatic nitrogens is 5. The molecule has 0 saturated heterocycles. The molecule has 0 fully saturated rings. The zero-order valence-electron chi connectivity index (χ0n) is 26.4. The van der Waals surface area contributed by atoms with Gasteiger partial charge in [-0.15, -0.1) is 0 Å². The maximum Gasteiger partial charge on any atom is 0.432 e. The van der Waals surface area contributed by atoms with E-state index in [-0.39, 0.29) is 33.8 Å². The quantitative estimate of drug-likeness (QED) is 0.181. The van der Waals surface area contributed by atoms with Crippen LogP contribution in [-0.2, 0) is 4.79 Å². The van der Waals surface area contributed by atoms with E-state index in [0.29, 0.717) is 59.4 Å². The summed E-state index contributed by atoms with van der Waals surface area (Å²) < 4.78 is 42.0. The lowest BCUT2D eigenvalue weighted by atomic mass is 9.97. The van der Waals surface area contributed by atoms with Gasteiger partial charge in [-0.05, 0) is 61.4 Å². The Morgan fingerprint density at radius 1 is 1.12 bits per heavy atom. The maximum atomic E-state index is 13.8. The number of fused-ring (bicyclic) bond motifs is 4. The zero-order chi connectivity index (χ0) is 35.6. The number of carbonyl (C=O) groups is 1. The Balaban J connectivity index is 1.40. The number of anilines is 2. The largest absolute Gasteiger partial charge is 0.432 e. The average molecular weight is 700 g/mol. The molecule has 6 rings (SSSR count). The van der Waals surface area contributed by atoms with Crippen LogP contribution in [0.1, 0.15) is 43.5 Å². The van der Waals surface area contributed by atoms with Gasteiger partial charge >= 0.3 is 6.18 Å². The first-order chi connectivity index (χ1) is 23.9. The Bertz CT molecular complexity index is 2220. The third kappa shape index (κ3) is 7.23. The van der Waals surface area contributed by atoms with Crippen molar-refractivity contribution < 1.29 is 18.0 Å². The van der Waals surface area contributed by atoms with Crippen molar-refractivity contribution in [3.63, 3.8) is 0 Å². The minimum atomic E-state index is -4.73. The van der Waals surface area contributed by atoms with Crippen molar-refractivity contribution in [2.75, 3.05) is 10.6 Å². The van der Waals surface area contributed by atoms with Gasteiger partial charge in [0.15, 0.2) is 0 Å². The van der Waals surface area contributed by atoms with Crippen LogP contribution in [0.2, 0.25) is 5.02 Å². The number of nitriles is 1. The Kier molecular flexibility index (Phi) is 9.43. The highest BCUT2D eigenvalue weighted by Gasteiger charge is 2.31. The predicted molar refractivity (Wildman–Crippen MR) is 182 cm³/mol. The summed E-state index contributed by atoms with van der Waals surface area (Å²) in [5.41, 5.74) is 7.26. The van der Waals surface area contributed by atoms with E-state index >= 15 is 0 Å². The van der Waals surface area contributed by atoms with Gasteiger partial charge in [0.1, 0.15) is 11.4 Å². The standard InChI is InChI=1S/C35H29ClF3N9O2/c1-20-4-2-7-30(47-19-44-27(15-32(47)49)25-14-23(36)8-9-26(25)43-17-31(41)35(37,38)39)28-13-22(10-11-42-28)33-29(45-34(20)50)18-48(46-33)24-6-3-5-21(12-24)16-40/h3,5-6,8-15,17-20,30,43H,2,4,7,41H2,1H3,(H,45,50)/b31-17-. The van der Waals surface area contributed by atoms with E-state index in [1.54, 1.807) is 53.5 Å². The van der Waals surface area contributed by atoms with E-state index in [2.05, 4.69) is 26.7 Å². The third-order valence-electron chi connectivity index (χ3n) is 8.31. The second-order valence-corrected chi connectivity index (χ2v) is 12.2. The molecule has 4 N–H and O–H groups in total. The molecule has 2 bridgehead atoms. The van der Waals surface area contributed by atoms with Crippen molar-refractivity contribution in [3.8, 4) is 34.3 Å². The summed E-state index contributed by atoms with van der Waals surface area (Å²) in [6, 6.07) is 17.7. The molecular formula is C35H29ClF3N9O2. The minimum Gasteiger partial charge on any atom is -0.394 e. The third-order valence-corrected chi connectivity index (χ3v) is 8.54. The van der Waals surface area contributed by atoms with Gasteiger partial charge in [-0.3, -0.25) is 19.1 Å². The molecule has 0 aliphatic carbocycles. The smallest absolute Gasteiger partial charge is 0.394 e. The number of halogens is 4. The number of amides is 1. The fraction of sp³-hybridized carbons (Fsp3) is 0.200. The minimum absolute atomic E-state index is 0.172. The number of benzene rings is 2. The van der Waals surface area contributed by atoms with Crippen molar-refractivity contribution in [2.24, 2.45) is 11.7 Å². The van der Waals surface area contributed by atoms with Gasteiger partial charge in [0.2, 0.25) is 5.91 Å². The van der Waals surface area contributed by atoms with E-state index in [1.807, 2.05) is 6.92 Å². The molecule has 0 radical (unpaired) electrons. The molecule has 50 heavy (non-hydrogen) atoms. The van der Waals surface area contributed by atoms with Crippen molar-refractivity contribution in [3.05, 3.63) is 118 Å². The fourth-order valence-electron chi connectivity index (χ4n) is 5.62. The molecule has 4 heterocycles. The zero-order valence-corrected chi connectivity index (χ0v) is 27.2. The summed E-state index contributed by atoms with van der Waals surface area (Å²) in [5.74, 6) is -0.560. The molecule has 1 aliphatic rings. The highest BCUT2D eigenvalue weighted by molar-refractivity contribution is 6.31. The van der Waals surface area contributed by atoms with Crippen LogP contribution in [0.4, 0.5) is 24.5 Å². The molecule has 2 atom stereocenters. The average Bonchev–Trinajstić information content (AvgIpc) is 3.52. The van der Waals surface area contributed by atoms with Crippen LogP contribution in [-0.4, -0.2) is 36.4 Å². The van der Waals surface area contributed by atoms with Crippen LogP contribution in [0.25, 0.3) is 28.2 Å². The Morgan fingerprint density at radius 2 is 1.94 bits per heavy atom. The Hall–Kier alpha value is -5.94. The summed E-state index contributed by atoms with van der Waals surface area (Å²) in [5, 5.41) is 20.0. The van der Waals surface area contributed by atoms with E-state index < -0.39 is 23.5 Å². The second kappa shape index (κ2) is 13.9. The second-order valence-electron chi connectivity index (χ2n) is 11.8. The SMILES string of the molecule is CC1CCCC(n2cnc(-c3cc(Cl)ccc3N/C=C(\N)C(F)(F)F)cc2=O)c2cc(ccn2)-c2nn(-c3cccc(C#N)c3)cc2NC1=O. The van der Waals surface area contributed by atoms with Gasteiger partial charge in [-0.1, -0.05) is 31.0 Å². The molecule has 2 aromatic carbocycles. The fourth-order valence-corrected chi connectivity index (χ4v) is 5.80. The highest BCUT2D eigenvalue weighted by atomic mass is 35.5. The Labute approximate surface area is 288 Å². The van der Waals surface area contributed by atoms with Crippen LogP contribution < -0.4 is 21.9 Å². The summed E-state index contributed by atoms with van der Waals surface area (Å²) >= 11 is 6.21. The topological polar surface area (TPSA) is 157 Å². The van der Waals surface area contributed by atoms with Gasteiger partial charge in [0, 0.05) is 46.2 Å². The van der Waals surface area contributed by atoms with Crippen LogP contribution >= 0.6 is 11.6 Å².